The number of rotatable bonds is 6. The number of aliphatic imine (C=N–C) groups is 1. The molecule has 2 N–H and O–H groups in total. The summed E-state index contributed by atoms with van der Waals surface area (Å²) in [4.78, 5) is 17.2. The fourth-order valence-corrected chi connectivity index (χ4v) is 2.52. The molecule has 0 aromatic carbocycles. The molecule has 6 nitrogen and oxygen atoms in total. The monoisotopic (exact) mass is 352 g/mol. The molecule has 1 fully saturated rings. The van der Waals surface area contributed by atoms with Crippen LogP contribution in [0.5, 0.6) is 0 Å². The average Bonchev–Trinajstić information content (AvgIpc) is 2.51. The summed E-state index contributed by atoms with van der Waals surface area (Å²) in [6.45, 7) is 0.816. The van der Waals surface area contributed by atoms with Gasteiger partial charge in [0.15, 0.2) is 5.96 Å². The summed E-state index contributed by atoms with van der Waals surface area (Å²) >= 11 is 0. The summed E-state index contributed by atoms with van der Waals surface area (Å²) in [5.74, 6) is -1.12. The molecule has 9 heteroatoms. The number of nitrogens with zero attached hydrogens (tertiary/aromatic N) is 2. The van der Waals surface area contributed by atoms with Crippen molar-refractivity contribution in [3.63, 3.8) is 0 Å². The van der Waals surface area contributed by atoms with E-state index in [-0.39, 0.29) is 31.3 Å². The molecule has 24 heavy (non-hydrogen) atoms. The fraction of sp³-hybridized carbons (Fsp3) is 0.867. The molecule has 140 valence electrons. The van der Waals surface area contributed by atoms with Gasteiger partial charge in [-0.05, 0) is 19.3 Å². The largest absolute Gasteiger partial charge is 0.391 e. The van der Waals surface area contributed by atoms with Crippen molar-refractivity contribution in [2.75, 3.05) is 40.9 Å². The lowest BCUT2D eigenvalue weighted by Gasteiger charge is -2.32. The van der Waals surface area contributed by atoms with Crippen LogP contribution in [0.15, 0.2) is 4.99 Å². The van der Waals surface area contributed by atoms with Crippen LogP contribution in [-0.2, 0) is 9.53 Å². The Labute approximate surface area is 140 Å². The number of amides is 1. The van der Waals surface area contributed by atoms with Crippen LogP contribution in [0.1, 0.15) is 25.7 Å². The summed E-state index contributed by atoms with van der Waals surface area (Å²) < 4.78 is 43.6. The number of ether oxygens (including phenoxy) is 1. The predicted octanol–water partition coefficient (Wildman–Crippen LogP) is 1.38. The van der Waals surface area contributed by atoms with E-state index in [1.54, 1.807) is 21.2 Å². The second kappa shape index (κ2) is 9.71. The van der Waals surface area contributed by atoms with Crippen LogP contribution < -0.4 is 10.6 Å². The number of carbonyl (C=O) groups is 1. The van der Waals surface area contributed by atoms with Gasteiger partial charge in [0.2, 0.25) is 5.91 Å². The summed E-state index contributed by atoms with van der Waals surface area (Å²) in [6.07, 6.45) is -2.80. The Hall–Kier alpha value is -1.51. The van der Waals surface area contributed by atoms with Crippen LogP contribution in [0.3, 0.4) is 0 Å². The first-order chi connectivity index (χ1) is 11.2. The molecule has 1 amide bonds. The third-order valence-corrected chi connectivity index (χ3v) is 3.95. The molecule has 0 heterocycles. The number of hydrogen-bond acceptors (Lipinski definition) is 3. The van der Waals surface area contributed by atoms with E-state index in [0.717, 1.165) is 0 Å². The van der Waals surface area contributed by atoms with E-state index in [1.165, 1.54) is 4.90 Å². The lowest BCUT2D eigenvalue weighted by atomic mass is 9.85. The third-order valence-electron chi connectivity index (χ3n) is 3.95. The molecule has 0 aromatic heterocycles. The van der Waals surface area contributed by atoms with Gasteiger partial charge in [-0.25, -0.2) is 4.99 Å². The van der Waals surface area contributed by atoms with Gasteiger partial charge in [0.1, 0.15) is 6.54 Å². The molecule has 1 rings (SSSR count). The van der Waals surface area contributed by atoms with Gasteiger partial charge in [-0.1, -0.05) is 6.42 Å². The van der Waals surface area contributed by atoms with Crippen molar-refractivity contribution in [1.82, 2.24) is 15.5 Å². The Bertz CT molecular complexity index is 427. The maximum absolute atomic E-state index is 12.9. The zero-order valence-electron chi connectivity index (χ0n) is 14.4. The Kier molecular flexibility index (Phi) is 8.30. The molecule has 0 spiro atoms. The lowest BCUT2D eigenvalue weighted by Crippen LogP contribution is -2.47. The van der Waals surface area contributed by atoms with Crippen LogP contribution in [0.25, 0.3) is 0 Å². The van der Waals surface area contributed by atoms with Gasteiger partial charge in [0.05, 0.1) is 12.5 Å². The molecule has 0 aromatic rings. The van der Waals surface area contributed by atoms with E-state index >= 15 is 0 Å². The van der Waals surface area contributed by atoms with Gasteiger partial charge >= 0.3 is 6.18 Å². The maximum atomic E-state index is 12.9. The highest BCUT2D eigenvalue weighted by atomic mass is 19.4. The van der Waals surface area contributed by atoms with E-state index in [4.69, 9.17) is 4.74 Å². The lowest BCUT2D eigenvalue weighted by molar-refractivity contribution is -0.183. The van der Waals surface area contributed by atoms with Crippen LogP contribution in [0.2, 0.25) is 0 Å². The number of alkyl halides is 3. The van der Waals surface area contributed by atoms with E-state index in [2.05, 4.69) is 15.6 Å². The second-order valence-electron chi connectivity index (χ2n) is 6.12. The van der Waals surface area contributed by atoms with E-state index in [1.807, 2.05) is 0 Å². The quantitative estimate of drug-likeness (QED) is 0.431. The standard InChI is InChI=1S/C15H27F3N4O2/c1-22(2)13(23)10-20-14(19-7-8-24-3)21-12-6-4-5-11(9-12)15(16,17)18/h11-12H,4-10H2,1-3H3,(H2,19,20,21). The van der Waals surface area contributed by atoms with E-state index < -0.39 is 12.1 Å². The van der Waals surface area contributed by atoms with Gasteiger partial charge in [-0.15, -0.1) is 0 Å². The molecule has 1 aliphatic carbocycles. The number of methoxy groups -OCH3 is 1. The van der Waals surface area contributed by atoms with Gasteiger partial charge in [-0.3, -0.25) is 4.79 Å². The molecule has 0 bridgehead atoms. The number of guanidine groups is 1. The third kappa shape index (κ3) is 7.37. The van der Waals surface area contributed by atoms with Gasteiger partial charge in [0.25, 0.3) is 0 Å². The molecular formula is C15H27F3N4O2. The molecule has 2 atom stereocenters. The number of carbonyl (C=O) groups excluding carboxylic acids is 1. The van der Waals surface area contributed by atoms with Crippen LogP contribution in [0, 0.1) is 5.92 Å². The minimum Gasteiger partial charge on any atom is -0.383 e. The first-order valence-corrected chi connectivity index (χ1v) is 8.04. The Morgan fingerprint density at radius 3 is 2.62 bits per heavy atom. The number of hydrogen-bond donors (Lipinski definition) is 2. The van der Waals surface area contributed by atoms with E-state index in [9.17, 15) is 18.0 Å². The maximum Gasteiger partial charge on any atom is 0.391 e. The minimum absolute atomic E-state index is 0.0239. The highest BCUT2D eigenvalue weighted by Crippen LogP contribution is 2.37. The molecule has 2 unspecified atom stereocenters. The zero-order valence-corrected chi connectivity index (χ0v) is 14.4. The summed E-state index contributed by atoms with van der Waals surface area (Å²) in [5, 5.41) is 6.00. The molecule has 1 aliphatic rings. The van der Waals surface area contributed by atoms with Gasteiger partial charge in [0, 0.05) is 33.8 Å². The first kappa shape index (κ1) is 20.5. The molecule has 0 radical (unpaired) electrons. The molecular weight excluding hydrogens is 325 g/mol. The van der Waals surface area contributed by atoms with Crippen molar-refractivity contribution >= 4 is 11.9 Å². The zero-order chi connectivity index (χ0) is 18.2. The summed E-state index contributed by atoms with van der Waals surface area (Å²) in [7, 11) is 4.80. The van der Waals surface area contributed by atoms with Crippen molar-refractivity contribution in [2.45, 2.75) is 37.9 Å². The molecule has 0 saturated heterocycles. The number of halogens is 3. The highest BCUT2D eigenvalue weighted by molar-refractivity contribution is 5.84. The predicted molar refractivity (Wildman–Crippen MR) is 85.8 cm³/mol. The first-order valence-electron chi connectivity index (χ1n) is 8.04. The molecule has 1 saturated carbocycles. The average molecular weight is 352 g/mol. The summed E-state index contributed by atoms with van der Waals surface area (Å²) in [6, 6.07) is -0.311. The minimum atomic E-state index is -4.16. The summed E-state index contributed by atoms with van der Waals surface area (Å²) in [5.41, 5.74) is 0. The topological polar surface area (TPSA) is 66.0 Å². The Balaban J connectivity index is 2.65. The van der Waals surface area contributed by atoms with Crippen molar-refractivity contribution < 1.29 is 22.7 Å². The smallest absolute Gasteiger partial charge is 0.383 e. The number of likely N-dealkylation sites (N-methyl/N-ethyl adjacent to an activating group) is 1. The normalized spacial score (nSPS) is 22.2. The highest BCUT2D eigenvalue weighted by Gasteiger charge is 2.42. The Morgan fingerprint density at radius 2 is 2.04 bits per heavy atom. The van der Waals surface area contributed by atoms with Crippen LogP contribution in [0.4, 0.5) is 13.2 Å². The Morgan fingerprint density at radius 1 is 1.33 bits per heavy atom. The SMILES string of the molecule is COCCNC(=NCC(=O)N(C)C)NC1CCCC(C(F)(F)F)C1. The van der Waals surface area contributed by atoms with Crippen molar-refractivity contribution in [3.8, 4) is 0 Å². The van der Waals surface area contributed by atoms with E-state index in [0.29, 0.717) is 32.0 Å². The van der Waals surface area contributed by atoms with Crippen molar-refractivity contribution in [2.24, 2.45) is 10.9 Å². The van der Waals surface area contributed by atoms with Gasteiger partial charge in [-0.2, -0.15) is 13.2 Å². The molecule has 0 aliphatic heterocycles. The second-order valence-corrected chi connectivity index (χ2v) is 6.12. The van der Waals surface area contributed by atoms with Crippen LogP contribution in [-0.4, -0.2) is 69.9 Å². The van der Waals surface area contributed by atoms with Gasteiger partial charge < -0.3 is 20.3 Å². The van der Waals surface area contributed by atoms with Crippen LogP contribution >= 0.6 is 0 Å². The van der Waals surface area contributed by atoms with Crippen molar-refractivity contribution in [1.29, 1.82) is 0 Å². The van der Waals surface area contributed by atoms with Crippen molar-refractivity contribution in [3.05, 3.63) is 0 Å². The number of nitrogens with one attached hydrogen (secondary N) is 2. The fourth-order valence-electron chi connectivity index (χ4n) is 2.52.